The Balaban J connectivity index is 1.68. The molecule has 0 radical (unpaired) electrons. The molecule has 0 aliphatic heterocycles. The van der Waals surface area contributed by atoms with Crippen molar-refractivity contribution in [3.8, 4) is 16.9 Å². The first-order valence-electron chi connectivity index (χ1n) is 9.27. The lowest BCUT2D eigenvalue weighted by Gasteiger charge is -2.18. The highest BCUT2D eigenvalue weighted by Gasteiger charge is 2.19. The molecular formula is C24H25NO2. The fourth-order valence-corrected chi connectivity index (χ4v) is 3.01. The van der Waals surface area contributed by atoms with Crippen LogP contribution in [0.15, 0.2) is 72.8 Å². The second-order valence-corrected chi connectivity index (χ2v) is 6.71. The SMILES string of the molecule is CCC(Oc1ccc(-c2ccccc2)cc1)C(=O)Nc1ccc(C)cc1C. The number of benzene rings is 3. The molecule has 0 aliphatic carbocycles. The molecule has 1 amide bonds. The van der Waals surface area contributed by atoms with Gasteiger partial charge in [-0.15, -0.1) is 0 Å². The molecule has 3 aromatic carbocycles. The average molecular weight is 359 g/mol. The molecule has 1 atom stereocenters. The molecule has 0 heterocycles. The number of amides is 1. The van der Waals surface area contributed by atoms with Crippen molar-refractivity contribution in [1.82, 2.24) is 0 Å². The molecule has 0 fully saturated rings. The molecule has 0 aromatic heterocycles. The molecule has 0 bridgehead atoms. The van der Waals surface area contributed by atoms with Crippen LogP contribution in [-0.4, -0.2) is 12.0 Å². The zero-order valence-corrected chi connectivity index (χ0v) is 16.0. The van der Waals surface area contributed by atoms with Crippen LogP contribution >= 0.6 is 0 Å². The van der Waals surface area contributed by atoms with Crippen LogP contribution in [0.2, 0.25) is 0 Å². The lowest BCUT2D eigenvalue weighted by atomic mass is 10.1. The maximum atomic E-state index is 12.6. The average Bonchev–Trinajstić information content (AvgIpc) is 2.69. The third-order valence-electron chi connectivity index (χ3n) is 4.54. The van der Waals surface area contributed by atoms with Crippen LogP contribution in [0.25, 0.3) is 11.1 Å². The number of carbonyl (C=O) groups excluding carboxylic acids is 1. The van der Waals surface area contributed by atoms with E-state index in [4.69, 9.17) is 4.74 Å². The van der Waals surface area contributed by atoms with Crippen LogP contribution in [0.3, 0.4) is 0 Å². The van der Waals surface area contributed by atoms with E-state index in [-0.39, 0.29) is 5.91 Å². The van der Waals surface area contributed by atoms with Gasteiger partial charge in [-0.1, -0.05) is 67.1 Å². The highest BCUT2D eigenvalue weighted by molar-refractivity contribution is 5.95. The normalized spacial score (nSPS) is 11.7. The molecule has 0 aliphatic rings. The molecule has 138 valence electrons. The van der Waals surface area contributed by atoms with Gasteiger partial charge in [-0.2, -0.15) is 0 Å². The molecule has 3 nitrogen and oxygen atoms in total. The molecule has 3 heteroatoms. The van der Waals surface area contributed by atoms with Crippen molar-refractivity contribution in [2.75, 3.05) is 5.32 Å². The minimum absolute atomic E-state index is 0.128. The summed E-state index contributed by atoms with van der Waals surface area (Å²) in [5.74, 6) is 0.564. The molecule has 3 aromatic rings. The molecule has 0 saturated carbocycles. The van der Waals surface area contributed by atoms with E-state index in [0.717, 1.165) is 22.4 Å². The van der Waals surface area contributed by atoms with Crippen molar-refractivity contribution in [2.45, 2.75) is 33.3 Å². The predicted molar refractivity (Wildman–Crippen MR) is 111 cm³/mol. The van der Waals surface area contributed by atoms with Gasteiger partial charge in [-0.3, -0.25) is 4.79 Å². The molecule has 3 rings (SSSR count). The van der Waals surface area contributed by atoms with Crippen LogP contribution in [0, 0.1) is 13.8 Å². The molecule has 1 N–H and O–H groups in total. The predicted octanol–water partition coefficient (Wildman–Crippen LogP) is 5.77. The summed E-state index contributed by atoms with van der Waals surface area (Å²) < 4.78 is 5.94. The van der Waals surface area contributed by atoms with Gasteiger partial charge < -0.3 is 10.1 Å². The van der Waals surface area contributed by atoms with E-state index in [1.54, 1.807) is 0 Å². The van der Waals surface area contributed by atoms with Crippen molar-refractivity contribution < 1.29 is 9.53 Å². The Morgan fingerprint density at radius 1 is 0.926 bits per heavy atom. The maximum Gasteiger partial charge on any atom is 0.265 e. The van der Waals surface area contributed by atoms with E-state index in [0.29, 0.717) is 12.2 Å². The quantitative estimate of drug-likeness (QED) is 0.607. The zero-order chi connectivity index (χ0) is 19.2. The number of ether oxygens (including phenoxy) is 1. The Labute approximate surface area is 161 Å². The van der Waals surface area contributed by atoms with Gasteiger partial charge in [0.1, 0.15) is 5.75 Å². The Morgan fingerprint density at radius 2 is 1.59 bits per heavy atom. The largest absolute Gasteiger partial charge is 0.481 e. The van der Waals surface area contributed by atoms with E-state index < -0.39 is 6.10 Å². The van der Waals surface area contributed by atoms with Crippen molar-refractivity contribution >= 4 is 11.6 Å². The Hall–Kier alpha value is -3.07. The van der Waals surface area contributed by atoms with Gasteiger partial charge in [-0.25, -0.2) is 0 Å². The van der Waals surface area contributed by atoms with Crippen LogP contribution in [0.1, 0.15) is 24.5 Å². The van der Waals surface area contributed by atoms with Crippen LogP contribution in [0.5, 0.6) is 5.75 Å². The third-order valence-corrected chi connectivity index (χ3v) is 4.54. The van der Waals surface area contributed by atoms with Gasteiger partial charge in [0.15, 0.2) is 6.10 Å². The number of hydrogen-bond donors (Lipinski definition) is 1. The van der Waals surface area contributed by atoms with Gasteiger partial charge in [-0.05, 0) is 55.2 Å². The van der Waals surface area contributed by atoms with E-state index in [1.807, 2.05) is 75.4 Å². The minimum atomic E-state index is -0.534. The van der Waals surface area contributed by atoms with Crippen LogP contribution in [-0.2, 0) is 4.79 Å². The number of anilines is 1. The smallest absolute Gasteiger partial charge is 0.265 e. The number of nitrogens with one attached hydrogen (secondary N) is 1. The molecule has 27 heavy (non-hydrogen) atoms. The van der Waals surface area contributed by atoms with E-state index in [9.17, 15) is 4.79 Å². The summed E-state index contributed by atoms with van der Waals surface area (Å²) in [6, 6.07) is 24.0. The van der Waals surface area contributed by atoms with Crippen LogP contribution in [0.4, 0.5) is 5.69 Å². The Kier molecular flexibility index (Phi) is 5.92. The summed E-state index contributed by atoms with van der Waals surface area (Å²) >= 11 is 0. The Morgan fingerprint density at radius 3 is 2.22 bits per heavy atom. The second-order valence-electron chi connectivity index (χ2n) is 6.71. The lowest BCUT2D eigenvalue weighted by molar-refractivity contribution is -0.122. The van der Waals surface area contributed by atoms with E-state index in [2.05, 4.69) is 23.5 Å². The number of carbonyl (C=O) groups is 1. The fraction of sp³-hybridized carbons (Fsp3) is 0.208. The van der Waals surface area contributed by atoms with Gasteiger partial charge in [0, 0.05) is 5.69 Å². The molecule has 1 unspecified atom stereocenters. The molecule has 0 spiro atoms. The zero-order valence-electron chi connectivity index (χ0n) is 16.0. The summed E-state index contributed by atoms with van der Waals surface area (Å²) in [7, 11) is 0. The summed E-state index contributed by atoms with van der Waals surface area (Å²) in [4.78, 5) is 12.6. The van der Waals surface area contributed by atoms with E-state index >= 15 is 0 Å². The van der Waals surface area contributed by atoms with Crippen molar-refractivity contribution in [3.63, 3.8) is 0 Å². The highest BCUT2D eigenvalue weighted by atomic mass is 16.5. The van der Waals surface area contributed by atoms with Gasteiger partial charge >= 0.3 is 0 Å². The summed E-state index contributed by atoms with van der Waals surface area (Å²) in [5, 5.41) is 2.98. The van der Waals surface area contributed by atoms with E-state index in [1.165, 1.54) is 5.56 Å². The van der Waals surface area contributed by atoms with Gasteiger partial charge in [0.05, 0.1) is 0 Å². The summed E-state index contributed by atoms with van der Waals surface area (Å²) in [6.07, 6.45) is 0.0604. The lowest BCUT2D eigenvalue weighted by Crippen LogP contribution is -2.32. The Bertz CT molecular complexity index is 901. The third kappa shape index (κ3) is 4.76. The number of aryl methyl sites for hydroxylation is 2. The number of rotatable bonds is 6. The van der Waals surface area contributed by atoms with Crippen molar-refractivity contribution in [2.24, 2.45) is 0 Å². The monoisotopic (exact) mass is 359 g/mol. The summed E-state index contributed by atoms with van der Waals surface area (Å²) in [5.41, 5.74) is 5.32. The fourth-order valence-electron chi connectivity index (χ4n) is 3.01. The number of hydrogen-bond acceptors (Lipinski definition) is 2. The maximum absolute atomic E-state index is 12.6. The second kappa shape index (κ2) is 8.54. The minimum Gasteiger partial charge on any atom is -0.481 e. The topological polar surface area (TPSA) is 38.3 Å². The van der Waals surface area contributed by atoms with Gasteiger partial charge in [0.2, 0.25) is 0 Å². The standard InChI is InChI=1S/C24H25NO2/c1-4-23(24(26)25-22-15-10-17(2)16-18(22)3)27-21-13-11-20(12-14-21)19-8-6-5-7-9-19/h5-16,23H,4H2,1-3H3,(H,25,26). The van der Waals surface area contributed by atoms with Crippen molar-refractivity contribution in [3.05, 3.63) is 83.9 Å². The molecule has 0 saturated heterocycles. The first kappa shape index (κ1) is 18.7. The first-order chi connectivity index (χ1) is 13.1. The highest BCUT2D eigenvalue weighted by Crippen LogP contribution is 2.23. The first-order valence-corrected chi connectivity index (χ1v) is 9.27. The molecular weight excluding hydrogens is 334 g/mol. The van der Waals surface area contributed by atoms with Crippen LogP contribution < -0.4 is 10.1 Å². The van der Waals surface area contributed by atoms with Gasteiger partial charge in [0.25, 0.3) is 5.91 Å². The summed E-state index contributed by atoms with van der Waals surface area (Å²) in [6.45, 7) is 5.98. The van der Waals surface area contributed by atoms with Crippen molar-refractivity contribution in [1.29, 1.82) is 0 Å².